The maximum absolute atomic E-state index is 11.4. The van der Waals surface area contributed by atoms with Crippen molar-refractivity contribution < 1.29 is 9.18 Å². The quantitative estimate of drug-likeness (QED) is 0.537. The van der Waals surface area contributed by atoms with Gasteiger partial charge >= 0.3 is 6.03 Å². The van der Waals surface area contributed by atoms with Crippen LogP contribution in [0.4, 0.5) is 9.18 Å². The molecule has 3 nitrogen and oxygen atoms in total. The summed E-state index contributed by atoms with van der Waals surface area (Å²) in [6.45, 7) is 0.139. The summed E-state index contributed by atoms with van der Waals surface area (Å²) in [4.78, 5) is 9.98. The van der Waals surface area contributed by atoms with E-state index in [4.69, 9.17) is 5.73 Å². The molecule has 54 valence electrons. The topological polar surface area (TPSA) is 55.1 Å². The molecule has 0 aromatic heterocycles. The van der Waals surface area contributed by atoms with Gasteiger partial charge in [0.2, 0.25) is 0 Å². The van der Waals surface area contributed by atoms with Crippen molar-refractivity contribution >= 4 is 6.03 Å². The molecule has 4 heteroatoms. The van der Waals surface area contributed by atoms with Crippen LogP contribution in [0.15, 0.2) is 0 Å². The minimum Gasteiger partial charge on any atom is -0.352 e. The number of halogens is 1. The van der Waals surface area contributed by atoms with E-state index in [0.717, 1.165) is 0 Å². The molecule has 0 spiro atoms. The standard InChI is InChI=1S/C5H11FN2O/c6-3-1-2-4-8-5(7)9/h1-4H2,(H3,7,8,9). The first-order valence-corrected chi connectivity index (χ1v) is 2.86. The highest BCUT2D eigenvalue weighted by molar-refractivity contribution is 5.71. The first kappa shape index (κ1) is 8.20. The molecule has 0 saturated heterocycles. The highest BCUT2D eigenvalue weighted by atomic mass is 19.1. The molecule has 0 atom stereocenters. The Kier molecular flexibility index (Phi) is 4.86. The molecular formula is C5H11FN2O. The highest BCUT2D eigenvalue weighted by Gasteiger charge is 1.89. The second kappa shape index (κ2) is 5.34. The van der Waals surface area contributed by atoms with Crippen LogP contribution in [0.5, 0.6) is 0 Å². The van der Waals surface area contributed by atoms with Gasteiger partial charge in [-0.05, 0) is 12.8 Å². The van der Waals surface area contributed by atoms with E-state index in [1.165, 1.54) is 0 Å². The normalized spacial score (nSPS) is 9.00. The summed E-state index contributed by atoms with van der Waals surface area (Å²) < 4.78 is 11.4. The molecule has 0 radical (unpaired) electrons. The van der Waals surface area contributed by atoms with Gasteiger partial charge in [0.25, 0.3) is 0 Å². The van der Waals surface area contributed by atoms with Crippen LogP contribution < -0.4 is 11.1 Å². The summed E-state index contributed by atoms with van der Waals surface area (Å²) in [5.41, 5.74) is 4.73. The monoisotopic (exact) mass is 134 g/mol. The van der Waals surface area contributed by atoms with Crippen molar-refractivity contribution in [2.24, 2.45) is 5.73 Å². The van der Waals surface area contributed by atoms with E-state index in [2.05, 4.69) is 5.32 Å². The van der Waals surface area contributed by atoms with Crippen molar-refractivity contribution in [2.75, 3.05) is 13.2 Å². The van der Waals surface area contributed by atoms with Crippen molar-refractivity contribution in [3.05, 3.63) is 0 Å². The van der Waals surface area contributed by atoms with Crippen LogP contribution in [0.25, 0.3) is 0 Å². The van der Waals surface area contributed by atoms with E-state index < -0.39 is 6.03 Å². The lowest BCUT2D eigenvalue weighted by atomic mass is 10.3. The minimum absolute atomic E-state index is 0.333. The van der Waals surface area contributed by atoms with E-state index in [1.807, 2.05) is 0 Å². The van der Waals surface area contributed by atoms with E-state index in [-0.39, 0.29) is 6.67 Å². The average molecular weight is 134 g/mol. The summed E-state index contributed by atoms with van der Waals surface area (Å²) in [6.07, 6.45) is 1.14. The highest BCUT2D eigenvalue weighted by Crippen LogP contribution is 1.85. The van der Waals surface area contributed by atoms with Crippen LogP contribution in [0.1, 0.15) is 12.8 Å². The fourth-order valence-electron chi connectivity index (χ4n) is 0.431. The molecule has 0 bridgehead atoms. The van der Waals surface area contributed by atoms with Crippen molar-refractivity contribution in [1.29, 1.82) is 0 Å². The number of nitrogens with one attached hydrogen (secondary N) is 1. The first-order chi connectivity index (χ1) is 4.27. The SMILES string of the molecule is NC(=O)NCCCCF. The number of amides is 2. The van der Waals surface area contributed by atoms with Crippen molar-refractivity contribution in [2.45, 2.75) is 12.8 Å². The Balaban J connectivity index is 2.83. The molecule has 0 rings (SSSR count). The molecule has 0 aliphatic rings. The predicted octanol–water partition coefficient (Wildman–Crippen LogP) is 0.404. The third kappa shape index (κ3) is 7.20. The fourth-order valence-corrected chi connectivity index (χ4v) is 0.431. The molecule has 2 amide bonds. The second-order valence-electron chi connectivity index (χ2n) is 1.69. The Hall–Kier alpha value is -0.800. The van der Waals surface area contributed by atoms with Crippen LogP contribution in [-0.2, 0) is 0 Å². The number of alkyl halides is 1. The number of rotatable bonds is 4. The van der Waals surface area contributed by atoms with E-state index >= 15 is 0 Å². The van der Waals surface area contributed by atoms with Crippen molar-refractivity contribution in [3.8, 4) is 0 Å². The van der Waals surface area contributed by atoms with Gasteiger partial charge in [-0.1, -0.05) is 0 Å². The molecule has 9 heavy (non-hydrogen) atoms. The van der Waals surface area contributed by atoms with E-state index in [9.17, 15) is 9.18 Å². The summed E-state index contributed by atoms with van der Waals surface area (Å²) in [5, 5.41) is 2.35. The van der Waals surface area contributed by atoms with Gasteiger partial charge in [0.15, 0.2) is 0 Å². The van der Waals surface area contributed by atoms with Gasteiger partial charge in [-0.2, -0.15) is 0 Å². The molecule has 0 aliphatic heterocycles. The van der Waals surface area contributed by atoms with E-state index in [0.29, 0.717) is 19.4 Å². The average Bonchev–Trinajstić information content (AvgIpc) is 1.80. The zero-order valence-electron chi connectivity index (χ0n) is 5.19. The predicted molar refractivity (Wildman–Crippen MR) is 32.8 cm³/mol. The largest absolute Gasteiger partial charge is 0.352 e. The van der Waals surface area contributed by atoms with Crippen LogP contribution in [0.2, 0.25) is 0 Å². The van der Waals surface area contributed by atoms with Gasteiger partial charge in [-0.15, -0.1) is 0 Å². The molecular weight excluding hydrogens is 123 g/mol. The van der Waals surface area contributed by atoms with Gasteiger partial charge in [0, 0.05) is 6.54 Å². The van der Waals surface area contributed by atoms with Crippen molar-refractivity contribution in [1.82, 2.24) is 5.32 Å². The van der Waals surface area contributed by atoms with Crippen LogP contribution in [-0.4, -0.2) is 19.3 Å². The van der Waals surface area contributed by atoms with Gasteiger partial charge in [-0.3, -0.25) is 4.39 Å². The lowest BCUT2D eigenvalue weighted by Crippen LogP contribution is -2.30. The first-order valence-electron chi connectivity index (χ1n) is 2.86. The van der Waals surface area contributed by atoms with Crippen LogP contribution in [0.3, 0.4) is 0 Å². The number of nitrogens with two attached hydrogens (primary N) is 1. The molecule has 0 aromatic rings. The van der Waals surface area contributed by atoms with Gasteiger partial charge in [0.05, 0.1) is 6.67 Å². The molecule has 0 unspecified atom stereocenters. The molecule has 0 saturated carbocycles. The maximum Gasteiger partial charge on any atom is 0.312 e. The van der Waals surface area contributed by atoms with Crippen molar-refractivity contribution in [3.63, 3.8) is 0 Å². The second-order valence-corrected chi connectivity index (χ2v) is 1.69. The van der Waals surface area contributed by atoms with Crippen LogP contribution in [0, 0.1) is 0 Å². The molecule has 0 aliphatic carbocycles. The Bertz CT molecular complexity index is 87.0. The minimum atomic E-state index is -0.547. The van der Waals surface area contributed by atoms with E-state index in [1.54, 1.807) is 0 Å². The smallest absolute Gasteiger partial charge is 0.312 e. The number of carbonyl (C=O) groups excluding carboxylic acids is 1. The van der Waals surface area contributed by atoms with Crippen LogP contribution >= 0.6 is 0 Å². The Morgan fingerprint density at radius 2 is 2.22 bits per heavy atom. The molecule has 0 heterocycles. The summed E-state index contributed by atoms with van der Waals surface area (Å²) in [6, 6.07) is -0.547. The lowest BCUT2D eigenvalue weighted by Gasteiger charge is -1.97. The number of hydrogen-bond acceptors (Lipinski definition) is 1. The maximum atomic E-state index is 11.4. The molecule has 3 N–H and O–H groups in total. The zero-order valence-corrected chi connectivity index (χ0v) is 5.19. The molecule has 0 aromatic carbocycles. The number of urea groups is 1. The van der Waals surface area contributed by atoms with Gasteiger partial charge < -0.3 is 11.1 Å². The third-order valence-electron chi connectivity index (χ3n) is 0.860. The fraction of sp³-hybridized carbons (Fsp3) is 0.800. The number of carbonyl (C=O) groups is 1. The third-order valence-corrected chi connectivity index (χ3v) is 0.860. The summed E-state index contributed by atoms with van der Waals surface area (Å²) in [5.74, 6) is 0. The summed E-state index contributed by atoms with van der Waals surface area (Å²) in [7, 11) is 0. The Morgan fingerprint density at radius 3 is 2.67 bits per heavy atom. The number of hydrogen-bond donors (Lipinski definition) is 2. The van der Waals surface area contributed by atoms with Gasteiger partial charge in [-0.25, -0.2) is 4.79 Å². The zero-order chi connectivity index (χ0) is 7.11. The van der Waals surface area contributed by atoms with Gasteiger partial charge in [0.1, 0.15) is 0 Å². The summed E-state index contributed by atoms with van der Waals surface area (Å²) >= 11 is 0. The Labute approximate surface area is 53.4 Å². The molecule has 0 fully saturated rings. The number of unbranched alkanes of at least 4 members (excludes halogenated alkanes) is 1. The number of primary amides is 1. The lowest BCUT2D eigenvalue weighted by molar-refractivity contribution is 0.248. The Morgan fingerprint density at radius 1 is 1.56 bits per heavy atom.